The topological polar surface area (TPSA) is 80.4 Å². The molecule has 0 radical (unpaired) electrons. The molecule has 2 rings (SSSR count). The second-order valence-corrected chi connectivity index (χ2v) is 4.08. The normalized spacial score (nSPS) is 12.6. The Kier molecular flexibility index (Phi) is 3.96. The minimum atomic E-state index is -0.151. The second kappa shape index (κ2) is 5.66. The number of ether oxygens (including phenoxy) is 1. The van der Waals surface area contributed by atoms with Gasteiger partial charge in [0.25, 0.3) is 0 Å². The second-order valence-electron chi connectivity index (χ2n) is 4.08. The van der Waals surface area contributed by atoms with Crippen molar-refractivity contribution >= 4 is 22.3 Å². The lowest BCUT2D eigenvalue weighted by Crippen LogP contribution is -2.28. The number of benzene rings is 1. The summed E-state index contributed by atoms with van der Waals surface area (Å²) in [6.07, 6.45) is 1.71. The summed E-state index contributed by atoms with van der Waals surface area (Å²) in [4.78, 5) is 4.26. The molecule has 5 nitrogen and oxygen atoms in total. The first-order valence-corrected chi connectivity index (χ1v) is 5.75. The summed E-state index contributed by atoms with van der Waals surface area (Å²) in [5, 5.41) is 13.4. The van der Waals surface area contributed by atoms with E-state index in [2.05, 4.69) is 10.3 Å². The van der Waals surface area contributed by atoms with E-state index in [1.807, 2.05) is 18.2 Å². The molecule has 0 spiro atoms. The van der Waals surface area contributed by atoms with Crippen molar-refractivity contribution in [2.75, 3.05) is 31.4 Å². The van der Waals surface area contributed by atoms with Crippen LogP contribution in [0.1, 0.15) is 0 Å². The Labute approximate surface area is 106 Å². The molecule has 1 unspecified atom stereocenters. The minimum absolute atomic E-state index is 0.0000279. The number of nitrogen functional groups attached to an aromatic ring is 1. The van der Waals surface area contributed by atoms with Gasteiger partial charge >= 0.3 is 0 Å². The van der Waals surface area contributed by atoms with Crippen molar-refractivity contribution in [3.8, 4) is 0 Å². The lowest BCUT2D eigenvalue weighted by molar-refractivity contribution is 0.153. The number of nitrogens with zero attached hydrogens (tertiary/aromatic N) is 1. The van der Waals surface area contributed by atoms with E-state index >= 15 is 0 Å². The van der Waals surface area contributed by atoms with E-state index < -0.39 is 0 Å². The number of rotatable bonds is 5. The zero-order valence-corrected chi connectivity index (χ0v) is 10.3. The molecule has 0 amide bonds. The molecule has 18 heavy (non-hydrogen) atoms. The molecule has 0 aliphatic carbocycles. The molecule has 0 fully saturated rings. The molecule has 1 heterocycles. The molecule has 0 bridgehead atoms. The van der Waals surface area contributed by atoms with Gasteiger partial charge in [-0.25, -0.2) is 0 Å². The van der Waals surface area contributed by atoms with Crippen molar-refractivity contribution in [1.82, 2.24) is 4.98 Å². The molecular weight excluding hydrogens is 230 g/mol. The number of anilines is 2. The highest BCUT2D eigenvalue weighted by atomic mass is 16.5. The van der Waals surface area contributed by atoms with Crippen LogP contribution in [0.4, 0.5) is 11.4 Å². The molecule has 1 aromatic carbocycles. The highest BCUT2D eigenvalue weighted by Gasteiger charge is 2.10. The highest BCUT2D eigenvalue weighted by Crippen LogP contribution is 2.26. The van der Waals surface area contributed by atoms with Crippen molar-refractivity contribution in [3.63, 3.8) is 0 Å². The third-order valence-corrected chi connectivity index (χ3v) is 2.75. The summed E-state index contributed by atoms with van der Waals surface area (Å²) in [5.41, 5.74) is 8.18. The minimum Gasteiger partial charge on any atom is -0.397 e. The maximum Gasteiger partial charge on any atom is 0.0951 e. The van der Waals surface area contributed by atoms with Crippen LogP contribution in [0.3, 0.4) is 0 Å². The first-order valence-electron chi connectivity index (χ1n) is 5.75. The van der Waals surface area contributed by atoms with Gasteiger partial charge in [-0.3, -0.25) is 4.98 Å². The van der Waals surface area contributed by atoms with Crippen molar-refractivity contribution < 1.29 is 9.84 Å². The summed E-state index contributed by atoms with van der Waals surface area (Å²) in [7, 11) is 1.60. The Hall–Kier alpha value is -1.85. The smallest absolute Gasteiger partial charge is 0.0951 e. The maximum absolute atomic E-state index is 9.26. The largest absolute Gasteiger partial charge is 0.397 e. The highest BCUT2D eigenvalue weighted by molar-refractivity contribution is 5.98. The summed E-state index contributed by atoms with van der Waals surface area (Å²) in [6, 6.07) is 7.35. The predicted octanol–water partition coefficient (Wildman–Crippen LogP) is 1.24. The number of aliphatic hydroxyl groups excluding tert-OH is 1. The average Bonchev–Trinajstić information content (AvgIpc) is 2.41. The van der Waals surface area contributed by atoms with Crippen LogP contribution in [-0.4, -0.2) is 36.5 Å². The maximum atomic E-state index is 9.26. The molecular formula is C13H17N3O2. The first kappa shape index (κ1) is 12.6. The quantitative estimate of drug-likeness (QED) is 0.693. The van der Waals surface area contributed by atoms with Crippen LogP contribution in [0.5, 0.6) is 0 Å². The Morgan fingerprint density at radius 2 is 2.28 bits per heavy atom. The summed E-state index contributed by atoms with van der Waals surface area (Å²) in [6.45, 7) is 0.433. The SMILES string of the molecule is COCC(CO)Nc1ccc(N)c2ncccc12. The molecule has 0 aliphatic rings. The number of fused-ring (bicyclic) bond motifs is 1. The van der Waals surface area contributed by atoms with Crippen LogP contribution < -0.4 is 11.1 Å². The Bertz CT molecular complexity index is 531. The van der Waals surface area contributed by atoms with E-state index in [4.69, 9.17) is 10.5 Å². The van der Waals surface area contributed by atoms with Gasteiger partial charge in [0, 0.05) is 24.4 Å². The van der Waals surface area contributed by atoms with Gasteiger partial charge in [-0.15, -0.1) is 0 Å². The summed E-state index contributed by atoms with van der Waals surface area (Å²) < 4.78 is 5.04. The molecule has 0 aliphatic heterocycles. The Morgan fingerprint density at radius 3 is 3.00 bits per heavy atom. The van der Waals surface area contributed by atoms with Crippen molar-refractivity contribution in [1.29, 1.82) is 0 Å². The number of pyridine rings is 1. The zero-order chi connectivity index (χ0) is 13.0. The van der Waals surface area contributed by atoms with E-state index in [0.29, 0.717) is 12.3 Å². The Morgan fingerprint density at radius 1 is 1.44 bits per heavy atom. The third kappa shape index (κ3) is 2.52. The average molecular weight is 247 g/mol. The number of methoxy groups -OCH3 is 1. The van der Waals surface area contributed by atoms with Crippen molar-refractivity contribution in [2.45, 2.75) is 6.04 Å². The van der Waals surface area contributed by atoms with Gasteiger partial charge in [0.2, 0.25) is 0 Å². The van der Waals surface area contributed by atoms with E-state index in [1.165, 1.54) is 0 Å². The third-order valence-electron chi connectivity index (χ3n) is 2.75. The van der Waals surface area contributed by atoms with Gasteiger partial charge in [0.15, 0.2) is 0 Å². The van der Waals surface area contributed by atoms with Gasteiger partial charge < -0.3 is 20.9 Å². The lowest BCUT2D eigenvalue weighted by atomic mass is 10.1. The monoisotopic (exact) mass is 247 g/mol. The number of hydrogen-bond donors (Lipinski definition) is 3. The molecule has 2 aromatic rings. The van der Waals surface area contributed by atoms with E-state index in [0.717, 1.165) is 16.6 Å². The van der Waals surface area contributed by atoms with E-state index in [1.54, 1.807) is 19.4 Å². The number of aliphatic hydroxyl groups is 1. The number of hydrogen-bond acceptors (Lipinski definition) is 5. The Balaban J connectivity index is 2.36. The van der Waals surface area contributed by atoms with E-state index in [-0.39, 0.29) is 12.6 Å². The van der Waals surface area contributed by atoms with Crippen LogP contribution in [0.2, 0.25) is 0 Å². The molecule has 96 valence electrons. The predicted molar refractivity (Wildman–Crippen MR) is 72.5 cm³/mol. The molecule has 1 atom stereocenters. The molecule has 1 aromatic heterocycles. The van der Waals surface area contributed by atoms with Gasteiger partial charge in [-0.2, -0.15) is 0 Å². The molecule has 5 heteroatoms. The molecule has 0 saturated heterocycles. The van der Waals surface area contributed by atoms with Gasteiger partial charge in [0.1, 0.15) is 0 Å². The fourth-order valence-corrected chi connectivity index (χ4v) is 1.88. The van der Waals surface area contributed by atoms with Crippen LogP contribution in [-0.2, 0) is 4.74 Å². The zero-order valence-electron chi connectivity index (χ0n) is 10.3. The van der Waals surface area contributed by atoms with Gasteiger partial charge in [0.05, 0.1) is 30.5 Å². The fraction of sp³-hybridized carbons (Fsp3) is 0.308. The lowest BCUT2D eigenvalue weighted by Gasteiger charge is -2.18. The first-order chi connectivity index (χ1) is 8.76. The van der Waals surface area contributed by atoms with Crippen LogP contribution in [0.25, 0.3) is 10.9 Å². The van der Waals surface area contributed by atoms with Crippen molar-refractivity contribution in [3.05, 3.63) is 30.5 Å². The van der Waals surface area contributed by atoms with Crippen LogP contribution >= 0.6 is 0 Å². The van der Waals surface area contributed by atoms with E-state index in [9.17, 15) is 5.11 Å². The number of aromatic nitrogens is 1. The fourth-order valence-electron chi connectivity index (χ4n) is 1.88. The van der Waals surface area contributed by atoms with Gasteiger partial charge in [-0.1, -0.05) is 0 Å². The van der Waals surface area contributed by atoms with Gasteiger partial charge in [-0.05, 0) is 24.3 Å². The number of nitrogens with one attached hydrogen (secondary N) is 1. The molecule has 0 saturated carbocycles. The van der Waals surface area contributed by atoms with Crippen molar-refractivity contribution in [2.24, 2.45) is 0 Å². The summed E-state index contributed by atoms with van der Waals surface area (Å²) >= 11 is 0. The standard InChI is InChI=1S/C13H17N3O2/c1-18-8-9(7-17)16-12-5-4-11(14)13-10(12)3-2-6-15-13/h2-6,9,16-17H,7-8,14H2,1H3. The van der Waals surface area contributed by atoms with Crippen LogP contribution in [0, 0.1) is 0 Å². The van der Waals surface area contributed by atoms with Crippen LogP contribution in [0.15, 0.2) is 30.5 Å². The summed E-state index contributed by atoms with van der Waals surface area (Å²) in [5.74, 6) is 0. The number of nitrogens with two attached hydrogens (primary N) is 1. The molecule has 4 N–H and O–H groups in total.